The third-order valence-electron chi connectivity index (χ3n) is 4.21. The minimum absolute atomic E-state index is 0.0892. The average Bonchev–Trinajstić information content (AvgIpc) is 2.54. The van der Waals surface area contributed by atoms with Crippen molar-refractivity contribution in [2.24, 2.45) is 0 Å². The lowest BCUT2D eigenvalue weighted by Crippen LogP contribution is -2.49. The Kier molecular flexibility index (Phi) is 4.13. The summed E-state index contributed by atoms with van der Waals surface area (Å²) in [5.74, 6) is 0.0892. The molecular weight excluding hydrogens is 282 g/mol. The first-order valence-corrected chi connectivity index (χ1v) is 7.50. The maximum Gasteiger partial charge on any atom is 0.410 e. The predicted molar refractivity (Wildman–Crippen MR) is 80.0 cm³/mol. The second kappa shape index (κ2) is 6.22. The molecule has 0 N–H and O–H groups in total. The number of piperidine rings is 1. The molecule has 1 saturated heterocycles. The molecule has 0 unspecified atom stereocenters. The normalized spacial score (nSPS) is 19.8. The summed E-state index contributed by atoms with van der Waals surface area (Å²) in [4.78, 5) is 25.3. The molecule has 0 bridgehead atoms. The number of rotatable bonds is 2. The fourth-order valence-electron chi connectivity index (χ4n) is 2.87. The molecule has 22 heavy (non-hydrogen) atoms. The summed E-state index contributed by atoms with van der Waals surface area (Å²) in [6.07, 6.45) is 4.35. The minimum Gasteiger partial charge on any atom is -0.494 e. The Morgan fingerprint density at radius 1 is 1.23 bits per heavy atom. The van der Waals surface area contributed by atoms with E-state index in [9.17, 15) is 9.59 Å². The van der Waals surface area contributed by atoms with Gasteiger partial charge in [-0.1, -0.05) is 30.3 Å². The van der Waals surface area contributed by atoms with Gasteiger partial charge in [-0.25, -0.2) is 4.79 Å². The van der Waals surface area contributed by atoms with Gasteiger partial charge < -0.3 is 14.4 Å². The highest BCUT2D eigenvalue weighted by atomic mass is 16.6. The zero-order valence-electron chi connectivity index (χ0n) is 12.4. The molecule has 1 fully saturated rings. The van der Waals surface area contributed by atoms with Gasteiger partial charge in [0.2, 0.25) is 0 Å². The molecular formula is C17H19NO4. The van der Waals surface area contributed by atoms with Crippen LogP contribution in [0.3, 0.4) is 0 Å². The van der Waals surface area contributed by atoms with Crippen LogP contribution in [0, 0.1) is 0 Å². The molecule has 0 atom stereocenters. The molecule has 1 spiro atoms. The van der Waals surface area contributed by atoms with Crippen LogP contribution in [0.2, 0.25) is 0 Å². The molecule has 0 aromatic heterocycles. The van der Waals surface area contributed by atoms with Crippen molar-refractivity contribution in [2.75, 3.05) is 13.1 Å². The molecule has 2 aliphatic heterocycles. The molecule has 5 heteroatoms. The number of ketones is 1. The molecule has 1 amide bonds. The number of nitrogens with zero attached hydrogens (tertiary/aromatic N) is 1. The molecule has 1 aromatic carbocycles. The van der Waals surface area contributed by atoms with Crippen LogP contribution in [0.15, 0.2) is 42.7 Å². The summed E-state index contributed by atoms with van der Waals surface area (Å²) in [6.45, 7) is 1.38. The maximum atomic E-state index is 12.1. The zero-order valence-corrected chi connectivity index (χ0v) is 12.4. The van der Waals surface area contributed by atoms with Gasteiger partial charge in [0.25, 0.3) is 0 Å². The highest BCUT2D eigenvalue weighted by Gasteiger charge is 2.40. The van der Waals surface area contributed by atoms with Crippen LogP contribution >= 0.6 is 0 Å². The van der Waals surface area contributed by atoms with E-state index in [1.807, 2.05) is 30.3 Å². The van der Waals surface area contributed by atoms with Crippen molar-refractivity contribution in [3.8, 4) is 0 Å². The molecule has 2 aliphatic rings. The SMILES string of the molecule is O=C1C=COC2(CCN(C(=O)OCc3ccccc3)CC2)C1. The Bertz CT molecular complexity index is 574. The van der Waals surface area contributed by atoms with Crippen molar-refractivity contribution in [1.29, 1.82) is 0 Å². The number of likely N-dealkylation sites (tertiary alicyclic amines) is 1. The highest BCUT2D eigenvalue weighted by Crippen LogP contribution is 2.33. The van der Waals surface area contributed by atoms with Crippen molar-refractivity contribution in [2.45, 2.75) is 31.5 Å². The molecule has 0 aliphatic carbocycles. The largest absolute Gasteiger partial charge is 0.494 e. The molecule has 0 saturated carbocycles. The van der Waals surface area contributed by atoms with Crippen LogP contribution in [-0.4, -0.2) is 35.5 Å². The molecule has 5 nitrogen and oxygen atoms in total. The summed E-state index contributed by atoms with van der Waals surface area (Å²) in [5.41, 5.74) is 0.540. The maximum absolute atomic E-state index is 12.1. The van der Waals surface area contributed by atoms with E-state index >= 15 is 0 Å². The summed E-state index contributed by atoms with van der Waals surface area (Å²) in [6, 6.07) is 9.60. The summed E-state index contributed by atoms with van der Waals surface area (Å²) in [5, 5.41) is 0. The van der Waals surface area contributed by atoms with E-state index in [-0.39, 0.29) is 18.5 Å². The van der Waals surface area contributed by atoms with Crippen molar-refractivity contribution < 1.29 is 19.1 Å². The standard InChI is InChI=1S/C17H19NO4/c19-15-6-11-22-17(12-15)7-9-18(10-8-17)16(20)21-13-14-4-2-1-3-5-14/h1-6,11H,7-10,12-13H2. The third kappa shape index (κ3) is 3.30. The number of carbonyl (C=O) groups excluding carboxylic acids is 2. The van der Waals surface area contributed by atoms with E-state index in [0.29, 0.717) is 32.4 Å². The Morgan fingerprint density at radius 2 is 1.95 bits per heavy atom. The predicted octanol–water partition coefficient (Wildman–Crippen LogP) is 2.66. The van der Waals surface area contributed by atoms with Crippen LogP contribution in [0.5, 0.6) is 0 Å². The lowest BCUT2D eigenvalue weighted by Gasteiger charge is -2.41. The lowest BCUT2D eigenvalue weighted by atomic mass is 9.85. The van der Waals surface area contributed by atoms with Gasteiger partial charge in [0.05, 0.1) is 12.7 Å². The Hall–Kier alpha value is -2.30. The topological polar surface area (TPSA) is 55.8 Å². The number of benzene rings is 1. The van der Waals surface area contributed by atoms with Crippen molar-refractivity contribution in [3.05, 3.63) is 48.2 Å². The lowest BCUT2D eigenvalue weighted by molar-refractivity contribution is -0.125. The third-order valence-corrected chi connectivity index (χ3v) is 4.21. The van der Waals surface area contributed by atoms with Gasteiger partial charge in [-0.15, -0.1) is 0 Å². The van der Waals surface area contributed by atoms with E-state index < -0.39 is 5.60 Å². The molecule has 116 valence electrons. The van der Waals surface area contributed by atoms with Crippen molar-refractivity contribution in [1.82, 2.24) is 4.90 Å². The smallest absolute Gasteiger partial charge is 0.410 e. The molecule has 1 aromatic rings. The number of hydrogen-bond donors (Lipinski definition) is 0. The quantitative estimate of drug-likeness (QED) is 0.842. The zero-order chi connectivity index (χ0) is 15.4. The van der Waals surface area contributed by atoms with E-state index in [4.69, 9.17) is 9.47 Å². The Balaban J connectivity index is 1.50. The van der Waals surface area contributed by atoms with Gasteiger partial charge in [0.1, 0.15) is 12.2 Å². The van der Waals surface area contributed by atoms with Crippen LogP contribution < -0.4 is 0 Å². The molecule has 0 radical (unpaired) electrons. The van der Waals surface area contributed by atoms with Gasteiger partial charge in [-0.2, -0.15) is 0 Å². The van der Waals surface area contributed by atoms with Crippen LogP contribution in [0.25, 0.3) is 0 Å². The minimum atomic E-state index is -0.429. The van der Waals surface area contributed by atoms with Crippen molar-refractivity contribution in [3.63, 3.8) is 0 Å². The number of hydrogen-bond acceptors (Lipinski definition) is 4. The number of carbonyl (C=O) groups is 2. The number of amides is 1. The van der Waals surface area contributed by atoms with E-state index in [0.717, 1.165) is 5.56 Å². The summed E-state index contributed by atoms with van der Waals surface area (Å²) >= 11 is 0. The van der Waals surface area contributed by atoms with E-state index in [1.54, 1.807) is 4.90 Å². The fraction of sp³-hybridized carbons (Fsp3) is 0.412. The number of allylic oxidation sites excluding steroid dienone is 1. The highest BCUT2D eigenvalue weighted by molar-refractivity contribution is 5.90. The fourth-order valence-corrected chi connectivity index (χ4v) is 2.87. The average molecular weight is 301 g/mol. The summed E-state index contributed by atoms with van der Waals surface area (Å²) in [7, 11) is 0. The van der Waals surface area contributed by atoms with Gasteiger partial charge in [0, 0.05) is 32.0 Å². The van der Waals surface area contributed by atoms with Crippen molar-refractivity contribution >= 4 is 11.9 Å². The van der Waals surface area contributed by atoms with Crippen LogP contribution in [0.1, 0.15) is 24.8 Å². The molecule has 2 heterocycles. The van der Waals surface area contributed by atoms with Gasteiger partial charge >= 0.3 is 6.09 Å². The first-order chi connectivity index (χ1) is 10.7. The van der Waals surface area contributed by atoms with Crippen LogP contribution in [0.4, 0.5) is 4.79 Å². The van der Waals surface area contributed by atoms with Crippen LogP contribution in [-0.2, 0) is 20.9 Å². The summed E-state index contributed by atoms with van der Waals surface area (Å²) < 4.78 is 11.0. The Labute approximate surface area is 129 Å². The van der Waals surface area contributed by atoms with Gasteiger partial charge in [0.15, 0.2) is 5.78 Å². The van der Waals surface area contributed by atoms with E-state index in [2.05, 4.69) is 0 Å². The first-order valence-electron chi connectivity index (χ1n) is 7.50. The number of ether oxygens (including phenoxy) is 2. The second-order valence-electron chi connectivity index (χ2n) is 5.77. The molecule has 3 rings (SSSR count). The second-order valence-corrected chi connectivity index (χ2v) is 5.77. The van der Waals surface area contributed by atoms with E-state index in [1.165, 1.54) is 12.3 Å². The van der Waals surface area contributed by atoms with Gasteiger partial charge in [-0.05, 0) is 5.56 Å². The van der Waals surface area contributed by atoms with Gasteiger partial charge in [-0.3, -0.25) is 4.79 Å². The monoisotopic (exact) mass is 301 g/mol. The Morgan fingerprint density at radius 3 is 2.64 bits per heavy atom. The first kappa shape index (κ1) is 14.6.